The van der Waals surface area contributed by atoms with Crippen LogP contribution in [-0.2, 0) is 9.47 Å². The van der Waals surface area contributed by atoms with E-state index in [-0.39, 0.29) is 0 Å². The third-order valence-electron chi connectivity index (χ3n) is 2.89. The first-order valence-corrected chi connectivity index (χ1v) is 7.79. The Morgan fingerprint density at radius 2 is 1.03 bits per heavy atom. The van der Waals surface area contributed by atoms with Gasteiger partial charge in [0, 0.05) is 9.66 Å². The Morgan fingerprint density at radius 3 is 1.31 bits per heavy atom. The molecular weight excluding hydrogens is 630 g/mol. The number of ether oxygens (including phenoxy) is 2. The maximum Gasteiger partial charge on any atom is 0.462 e. The second-order valence-corrected chi connectivity index (χ2v) is 6.68. The number of aliphatic hydroxyl groups is 1. The quantitative estimate of drug-likeness (QED) is 0.257. The highest BCUT2D eigenvalue weighted by molar-refractivity contribution is 14.1. The molecule has 0 aromatic carbocycles. The van der Waals surface area contributed by atoms with Crippen LogP contribution in [0, 0.1) is 0 Å². The number of aliphatic hydroxyl groups excluding tert-OH is 1. The molecule has 0 fully saturated rings. The number of hydrogen-bond donors (Lipinski definition) is 1. The summed E-state index contributed by atoms with van der Waals surface area (Å²) in [5.41, 5.74) is 0. The highest BCUT2D eigenvalue weighted by Gasteiger charge is 2.84. The van der Waals surface area contributed by atoms with Crippen LogP contribution < -0.4 is 0 Å². The fraction of sp³-hybridized carbons (Fsp3) is 0.818. The lowest BCUT2D eigenvalue weighted by atomic mass is 10.2. The first-order valence-electron chi connectivity index (χ1n) is 6.72. The molecule has 0 amide bonds. The summed E-state index contributed by atoms with van der Waals surface area (Å²) < 4.78 is 220. The number of halogens is 18. The van der Waals surface area contributed by atoms with Crippen LogP contribution in [0.3, 0.4) is 0 Å². The summed E-state index contributed by atoms with van der Waals surface area (Å²) in [6.45, 7) is -1.64. The van der Waals surface area contributed by atoms with Gasteiger partial charge in [0.15, 0.2) is 0 Å². The predicted octanol–water partition coefficient (Wildman–Crippen LogP) is 6.17. The molecule has 0 aliphatic carbocycles. The van der Waals surface area contributed by atoms with Gasteiger partial charge in [-0.15, -0.1) is 0 Å². The lowest BCUT2D eigenvalue weighted by Crippen LogP contribution is -2.67. The fourth-order valence-corrected chi connectivity index (χ4v) is 1.76. The van der Waals surface area contributed by atoms with E-state index in [0.29, 0.717) is 22.6 Å². The maximum atomic E-state index is 13.9. The van der Waals surface area contributed by atoms with Crippen LogP contribution in [0.5, 0.6) is 0 Å². The van der Waals surface area contributed by atoms with E-state index in [4.69, 9.17) is 5.11 Å². The molecule has 0 aliphatic rings. The van der Waals surface area contributed by atoms with E-state index in [1.165, 1.54) is 4.74 Å². The van der Waals surface area contributed by atoms with Crippen LogP contribution in [0.1, 0.15) is 0 Å². The standard InChI is InChI=1S/C11H4F17IO3/c12-4(7(16,17)18,1-3(29)2-30)31-11(27,28)6(15,9(22,23)24)32-10(25,26)5(13,14)8(19,20)21/h1,30H,2H2. The normalized spacial score (nSPS) is 19.5. The van der Waals surface area contributed by atoms with Crippen LogP contribution in [0.4, 0.5) is 74.6 Å². The molecule has 0 radical (unpaired) electrons. The minimum atomic E-state index is -7.92. The van der Waals surface area contributed by atoms with Gasteiger partial charge in [-0.2, -0.15) is 74.6 Å². The molecule has 0 aromatic heterocycles. The van der Waals surface area contributed by atoms with Gasteiger partial charge in [0.2, 0.25) is 0 Å². The van der Waals surface area contributed by atoms with Crippen LogP contribution in [0.15, 0.2) is 9.66 Å². The van der Waals surface area contributed by atoms with Gasteiger partial charge in [0.25, 0.3) is 0 Å². The Bertz CT molecular complexity index is 695. The number of hydrogen-bond acceptors (Lipinski definition) is 3. The van der Waals surface area contributed by atoms with Crippen molar-refractivity contribution in [2.24, 2.45) is 0 Å². The molecule has 0 heterocycles. The van der Waals surface area contributed by atoms with Crippen molar-refractivity contribution in [3.8, 4) is 0 Å². The van der Waals surface area contributed by atoms with Crippen molar-refractivity contribution < 1.29 is 89.2 Å². The minimum absolute atomic E-state index is 0.555. The summed E-state index contributed by atoms with van der Waals surface area (Å²) in [7, 11) is 0. The smallest absolute Gasteiger partial charge is 0.391 e. The molecule has 0 spiro atoms. The van der Waals surface area contributed by atoms with E-state index in [1.807, 2.05) is 4.74 Å². The van der Waals surface area contributed by atoms with Crippen molar-refractivity contribution in [3.63, 3.8) is 0 Å². The average molecular weight is 634 g/mol. The van der Waals surface area contributed by atoms with Gasteiger partial charge in [0.05, 0.1) is 6.61 Å². The van der Waals surface area contributed by atoms with Crippen LogP contribution in [0.2, 0.25) is 0 Å². The van der Waals surface area contributed by atoms with Gasteiger partial charge in [-0.3, -0.25) is 9.47 Å². The second-order valence-electron chi connectivity index (χ2n) is 5.29. The molecule has 2 unspecified atom stereocenters. The summed E-state index contributed by atoms with van der Waals surface area (Å²) in [5.74, 6) is -22.0. The molecular formula is C11H4F17IO3. The summed E-state index contributed by atoms with van der Waals surface area (Å²) >= 11 is 0.555. The van der Waals surface area contributed by atoms with Crippen molar-refractivity contribution >= 4 is 22.6 Å². The van der Waals surface area contributed by atoms with Gasteiger partial charge in [-0.1, -0.05) is 0 Å². The van der Waals surface area contributed by atoms with Crippen molar-refractivity contribution in [2.75, 3.05) is 6.61 Å². The van der Waals surface area contributed by atoms with Crippen molar-refractivity contribution in [1.29, 1.82) is 0 Å². The predicted molar refractivity (Wildman–Crippen MR) is 72.0 cm³/mol. The Kier molecular flexibility index (Phi) is 8.51. The van der Waals surface area contributed by atoms with E-state index in [2.05, 4.69) is 0 Å². The summed E-state index contributed by atoms with van der Waals surface area (Å²) in [4.78, 5) is 0. The third kappa shape index (κ3) is 5.80. The second kappa shape index (κ2) is 8.74. The Balaban J connectivity index is 6.73. The summed E-state index contributed by atoms with van der Waals surface area (Å²) in [6.07, 6.45) is -39.1. The number of rotatable bonds is 8. The van der Waals surface area contributed by atoms with Gasteiger partial charge in [0.1, 0.15) is 0 Å². The SMILES string of the molecule is OCC(I)=CC(F)(OC(F)(F)C(F)(OC(F)(F)C(F)(F)C(F)(F)F)C(F)(F)F)C(F)(F)F. The van der Waals surface area contributed by atoms with E-state index in [0.717, 1.165) is 0 Å². The molecule has 2 atom stereocenters. The van der Waals surface area contributed by atoms with Gasteiger partial charge in [-0.05, 0) is 22.6 Å². The lowest BCUT2D eigenvalue weighted by Gasteiger charge is -2.40. The molecule has 0 aliphatic heterocycles. The maximum absolute atomic E-state index is 13.9. The van der Waals surface area contributed by atoms with E-state index < -0.39 is 64.6 Å². The molecule has 32 heavy (non-hydrogen) atoms. The highest BCUT2D eigenvalue weighted by Crippen LogP contribution is 2.56. The van der Waals surface area contributed by atoms with Gasteiger partial charge < -0.3 is 5.11 Å². The Hall–Kier alpha value is -0.840. The lowest BCUT2D eigenvalue weighted by molar-refractivity contribution is -0.548. The molecule has 0 aromatic rings. The average Bonchev–Trinajstić information content (AvgIpc) is 2.49. The summed E-state index contributed by atoms with van der Waals surface area (Å²) in [6, 6.07) is 0. The largest absolute Gasteiger partial charge is 0.462 e. The van der Waals surface area contributed by atoms with Gasteiger partial charge in [-0.25, -0.2) is 0 Å². The van der Waals surface area contributed by atoms with Crippen molar-refractivity contribution in [2.45, 2.75) is 48.4 Å². The molecule has 3 nitrogen and oxygen atoms in total. The molecule has 192 valence electrons. The van der Waals surface area contributed by atoms with Crippen molar-refractivity contribution in [3.05, 3.63) is 9.66 Å². The fourth-order valence-electron chi connectivity index (χ4n) is 1.36. The molecule has 0 rings (SSSR count). The first-order chi connectivity index (χ1) is 13.6. The van der Waals surface area contributed by atoms with Gasteiger partial charge >= 0.3 is 48.4 Å². The third-order valence-corrected chi connectivity index (χ3v) is 3.54. The zero-order valence-corrected chi connectivity index (χ0v) is 16.0. The molecule has 0 bridgehead atoms. The molecule has 0 saturated carbocycles. The zero-order chi connectivity index (χ0) is 26.4. The highest BCUT2D eigenvalue weighted by atomic mass is 127. The van der Waals surface area contributed by atoms with E-state index in [1.54, 1.807) is 0 Å². The minimum Gasteiger partial charge on any atom is -0.391 e. The summed E-state index contributed by atoms with van der Waals surface area (Å²) in [5, 5.41) is 8.45. The first kappa shape index (κ1) is 31.2. The Labute approximate surface area is 177 Å². The zero-order valence-electron chi connectivity index (χ0n) is 13.9. The molecule has 0 saturated heterocycles. The molecule has 21 heteroatoms. The molecule has 1 N–H and O–H groups in total. The van der Waals surface area contributed by atoms with Crippen molar-refractivity contribution in [1.82, 2.24) is 0 Å². The topological polar surface area (TPSA) is 38.7 Å². The van der Waals surface area contributed by atoms with Crippen LogP contribution >= 0.6 is 22.6 Å². The Morgan fingerprint density at radius 1 is 0.625 bits per heavy atom. The van der Waals surface area contributed by atoms with E-state index >= 15 is 0 Å². The van der Waals surface area contributed by atoms with Crippen LogP contribution in [-0.4, -0.2) is 60.1 Å². The monoisotopic (exact) mass is 634 g/mol. The number of alkyl halides is 17. The van der Waals surface area contributed by atoms with E-state index in [9.17, 15) is 74.6 Å². The van der Waals surface area contributed by atoms with Crippen LogP contribution in [0.25, 0.3) is 0 Å².